The van der Waals surface area contributed by atoms with E-state index in [0.29, 0.717) is 5.69 Å². The number of hydrogen-bond acceptors (Lipinski definition) is 5. The second kappa shape index (κ2) is 9.49. The lowest BCUT2D eigenvalue weighted by atomic mass is 10.1. The molecular weight excluding hydrogens is 537 g/mol. The topological polar surface area (TPSA) is 101 Å². The molecule has 0 N–H and O–H groups in total. The highest BCUT2D eigenvalue weighted by Gasteiger charge is 2.44. The van der Waals surface area contributed by atoms with Crippen molar-refractivity contribution in [1.29, 1.82) is 0 Å². The summed E-state index contributed by atoms with van der Waals surface area (Å²) in [5, 5.41) is 11.0. The van der Waals surface area contributed by atoms with Crippen LogP contribution in [0.2, 0.25) is 0 Å². The molecule has 0 aliphatic carbocycles. The predicted molar refractivity (Wildman–Crippen MR) is 129 cm³/mol. The molecule has 1 saturated heterocycles. The SMILES string of the molecule is O=C1CC(N(Cc2ccccc2)C(=O)c2ccc([N+](=O)[O-])cc2)C(=O)N1c1ccc(I)cc1. The van der Waals surface area contributed by atoms with Crippen molar-refractivity contribution in [2.45, 2.75) is 19.0 Å². The quantitative estimate of drug-likeness (QED) is 0.197. The molecule has 1 heterocycles. The Labute approximate surface area is 203 Å². The highest BCUT2D eigenvalue weighted by molar-refractivity contribution is 14.1. The van der Waals surface area contributed by atoms with Gasteiger partial charge in [-0.15, -0.1) is 0 Å². The zero-order chi connectivity index (χ0) is 23.5. The van der Waals surface area contributed by atoms with E-state index >= 15 is 0 Å². The third kappa shape index (κ3) is 4.77. The van der Waals surface area contributed by atoms with E-state index in [1.807, 2.05) is 30.3 Å². The lowest BCUT2D eigenvalue weighted by Crippen LogP contribution is -2.45. The number of carbonyl (C=O) groups is 3. The van der Waals surface area contributed by atoms with E-state index in [2.05, 4.69) is 22.6 Å². The van der Waals surface area contributed by atoms with Gasteiger partial charge >= 0.3 is 0 Å². The van der Waals surface area contributed by atoms with Crippen molar-refractivity contribution in [2.24, 2.45) is 0 Å². The predicted octanol–water partition coefficient (Wildman–Crippen LogP) is 4.17. The first-order chi connectivity index (χ1) is 15.8. The van der Waals surface area contributed by atoms with Gasteiger partial charge in [0.2, 0.25) is 5.91 Å². The summed E-state index contributed by atoms with van der Waals surface area (Å²) in [5.74, 6) is -1.35. The number of nitro groups is 1. The average Bonchev–Trinajstić information content (AvgIpc) is 3.12. The van der Waals surface area contributed by atoms with Crippen molar-refractivity contribution in [3.8, 4) is 0 Å². The van der Waals surface area contributed by atoms with Gasteiger partial charge in [0.15, 0.2) is 0 Å². The molecule has 1 fully saturated rings. The number of non-ortho nitro benzene ring substituents is 1. The molecule has 1 atom stereocenters. The van der Waals surface area contributed by atoms with Gasteiger partial charge < -0.3 is 4.90 Å². The van der Waals surface area contributed by atoms with Crippen LogP contribution in [-0.4, -0.2) is 33.6 Å². The maximum Gasteiger partial charge on any atom is 0.269 e. The molecule has 8 nitrogen and oxygen atoms in total. The fraction of sp³-hybridized carbons (Fsp3) is 0.125. The Kier molecular flexibility index (Phi) is 6.50. The van der Waals surface area contributed by atoms with E-state index in [-0.39, 0.29) is 30.1 Å². The van der Waals surface area contributed by atoms with Crippen molar-refractivity contribution in [3.63, 3.8) is 0 Å². The third-order valence-electron chi connectivity index (χ3n) is 5.37. The van der Waals surface area contributed by atoms with E-state index < -0.39 is 22.8 Å². The minimum absolute atomic E-state index is 0.112. The third-order valence-corrected chi connectivity index (χ3v) is 6.08. The molecule has 3 amide bonds. The van der Waals surface area contributed by atoms with Crippen molar-refractivity contribution < 1.29 is 19.3 Å². The number of amides is 3. The maximum atomic E-state index is 13.4. The summed E-state index contributed by atoms with van der Waals surface area (Å²) in [6.45, 7) is 0.112. The molecule has 166 valence electrons. The summed E-state index contributed by atoms with van der Waals surface area (Å²) in [5.41, 5.74) is 1.30. The van der Waals surface area contributed by atoms with Crippen molar-refractivity contribution >= 4 is 51.7 Å². The van der Waals surface area contributed by atoms with E-state index in [1.165, 1.54) is 29.2 Å². The monoisotopic (exact) mass is 555 g/mol. The molecule has 1 aliphatic heterocycles. The minimum atomic E-state index is -0.986. The van der Waals surface area contributed by atoms with Gasteiger partial charge in [-0.3, -0.25) is 24.5 Å². The number of hydrogen-bond donors (Lipinski definition) is 0. The van der Waals surface area contributed by atoms with E-state index in [0.717, 1.165) is 14.0 Å². The zero-order valence-corrected chi connectivity index (χ0v) is 19.4. The van der Waals surface area contributed by atoms with Crippen LogP contribution in [0.25, 0.3) is 0 Å². The van der Waals surface area contributed by atoms with Crippen molar-refractivity contribution in [3.05, 3.63) is 104 Å². The minimum Gasteiger partial charge on any atom is -0.322 e. The van der Waals surface area contributed by atoms with E-state index in [9.17, 15) is 24.5 Å². The fourth-order valence-corrected chi connectivity index (χ4v) is 4.08. The van der Waals surface area contributed by atoms with Crippen LogP contribution in [0, 0.1) is 13.7 Å². The Morgan fingerprint density at radius 1 is 1.00 bits per heavy atom. The van der Waals surface area contributed by atoms with Crippen LogP contribution in [0.1, 0.15) is 22.3 Å². The molecule has 1 unspecified atom stereocenters. The van der Waals surface area contributed by atoms with Crippen LogP contribution >= 0.6 is 22.6 Å². The lowest BCUT2D eigenvalue weighted by molar-refractivity contribution is -0.384. The molecular formula is C24H18IN3O5. The normalized spacial score (nSPS) is 15.5. The second-order valence-electron chi connectivity index (χ2n) is 7.49. The Morgan fingerprint density at radius 3 is 2.24 bits per heavy atom. The first-order valence-corrected chi connectivity index (χ1v) is 11.1. The van der Waals surface area contributed by atoms with Gasteiger partial charge in [0.25, 0.3) is 17.5 Å². The smallest absolute Gasteiger partial charge is 0.269 e. The van der Waals surface area contributed by atoms with Gasteiger partial charge in [-0.25, -0.2) is 4.90 Å². The largest absolute Gasteiger partial charge is 0.322 e. The van der Waals surface area contributed by atoms with Crippen LogP contribution in [0.3, 0.4) is 0 Å². The van der Waals surface area contributed by atoms with Gasteiger partial charge in [0.05, 0.1) is 17.0 Å². The van der Waals surface area contributed by atoms with Crippen LogP contribution in [0.4, 0.5) is 11.4 Å². The van der Waals surface area contributed by atoms with Gasteiger partial charge in [-0.05, 0) is 64.6 Å². The fourth-order valence-electron chi connectivity index (χ4n) is 3.72. The molecule has 0 saturated carbocycles. The Morgan fingerprint density at radius 2 is 1.64 bits per heavy atom. The van der Waals surface area contributed by atoms with Crippen LogP contribution in [0.5, 0.6) is 0 Å². The molecule has 0 radical (unpaired) electrons. The van der Waals surface area contributed by atoms with E-state index in [4.69, 9.17) is 0 Å². The number of benzene rings is 3. The molecule has 1 aliphatic rings. The molecule has 0 spiro atoms. The number of carbonyl (C=O) groups excluding carboxylic acids is 3. The lowest BCUT2D eigenvalue weighted by Gasteiger charge is -2.28. The Hall–Kier alpha value is -3.60. The average molecular weight is 555 g/mol. The molecule has 0 aromatic heterocycles. The number of halogens is 1. The van der Waals surface area contributed by atoms with Crippen LogP contribution < -0.4 is 4.90 Å². The number of nitrogens with zero attached hydrogens (tertiary/aromatic N) is 3. The highest BCUT2D eigenvalue weighted by atomic mass is 127. The summed E-state index contributed by atoms with van der Waals surface area (Å²) >= 11 is 2.14. The molecule has 3 aromatic carbocycles. The van der Waals surface area contributed by atoms with Crippen LogP contribution in [0.15, 0.2) is 78.9 Å². The van der Waals surface area contributed by atoms with Crippen LogP contribution in [-0.2, 0) is 16.1 Å². The van der Waals surface area contributed by atoms with Gasteiger partial charge in [0, 0.05) is 27.8 Å². The molecule has 4 rings (SSSR count). The Balaban J connectivity index is 1.67. The summed E-state index contributed by atoms with van der Waals surface area (Å²) in [6.07, 6.45) is -0.142. The number of nitro benzene ring substituents is 1. The van der Waals surface area contributed by atoms with E-state index in [1.54, 1.807) is 24.3 Å². The highest BCUT2D eigenvalue weighted by Crippen LogP contribution is 2.28. The first kappa shape index (κ1) is 22.6. The number of imide groups is 1. The number of anilines is 1. The standard InChI is InChI=1S/C24H18IN3O5/c25-18-8-12-19(13-9-18)27-22(29)14-21(24(27)31)26(15-16-4-2-1-3-5-16)23(30)17-6-10-20(11-7-17)28(32)33/h1-13,21H,14-15H2. The summed E-state index contributed by atoms with van der Waals surface area (Å²) in [7, 11) is 0. The first-order valence-electron chi connectivity index (χ1n) is 10.1. The number of rotatable bonds is 6. The zero-order valence-electron chi connectivity index (χ0n) is 17.3. The van der Waals surface area contributed by atoms with Gasteiger partial charge in [-0.2, -0.15) is 0 Å². The van der Waals surface area contributed by atoms with Gasteiger partial charge in [0.1, 0.15) is 6.04 Å². The summed E-state index contributed by atoms with van der Waals surface area (Å²) in [6, 6.07) is 20.3. The summed E-state index contributed by atoms with van der Waals surface area (Å²) in [4.78, 5) is 52.5. The van der Waals surface area contributed by atoms with Gasteiger partial charge in [-0.1, -0.05) is 30.3 Å². The second-order valence-corrected chi connectivity index (χ2v) is 8.73. The van der Waals surface area contributed by atoms with Crippen molar-refractivity contribution in [1.82, 2.24) is 4.90 Å². The summed E-state index contributed by atoms with van der Waals surface area (Å²) < 4.78 is 0.964. The molecule has 33 heavy (non-hydrogen) atoms. The molecule has 0 bridgehead atoms. The Bertz CT molecular complexity index is 1210. The van der Waals surface area contributed by atoms with Crippen molar-refractivity contribution in [2.75, 3.05) is 4.90 Å². The molecule has 9 heteroatoms. The maximum absolute atomic E-state index is 13.4. The molecule has 3 aromatic rings.